The first-order chi connectivity index (χ1) is 14.7. The number of fused-ring (bicyclic) bond motifs is 1. The van der Waals surface area contributed by atoms with E-state index in [1.807, 2.05) is 30.5 Å². The summed E-state index contributed by atoms with van der Waals surface area (Å²) < 4.78 is 5.41. The van der Waals surface area contributed by atoms with Gasteiger partial charge < -0.3 is 20.4 Å². The van der Waals surface area contributed by atoms with E-state index in [0.717, 1.165) is 68.3 Å². The van der Waals surface area contributed by atoms with Crippen molar-refractivity contribution < 1.29 is 14.3 Å². The number of aromatic nitrogens is 1. The van der Waals surface area contributed by atoms with E-state index in [-0.39, 0.29) is 17.7 Å². The van der Waals surface area contributed by atoms with Crippen LogP contribution in [0.2, 0.25) is 0 Å². The van der Waals surface area contributed by atoms with Crippen LogP contribution in [-0.2, 0) is 27.3 Å². The number of hydrogen-bond acceptors (Lipinski definition) is 4. The van der Waals surface area contributed by atoms with Crippen LogP contribution in [0.25, 0.3) is 11.6 Å². The minimum absolute atomic E-state index is 0.0201. The third-order valence-corrected chi connectivity index (χ3v) is 6.09. The number of morpholine rings is 1. The van der Waals surface area contributed by atoms with Crippen molar-refractivity contribution in [3.63, 3.8) is 0 Å². The summed E-state index contributed by atoms with van der Waals surface area (Å²) in [5.41, 5.74) is 5.58. The Bertz CT molecular complexity index is 1000. The first kappa shape index (κ1) is 19.1. The summed E-state index contributed by atoms with van der Waals surface area (Å²) in [6, 6.07) is 8.08. The number of hydrogen-bond donors (Lipinski definition) is 3. The van der Waals surface area contributed by atoms with E-state index < -0.39 is 0 Å². The molecule has 2 amide bonds. The predicted octanol–water partition coefficient (Wildman–Crippen LogP) is 2.02. The molecule has 0 aliphatic carbocycles. The van der Waals surface area contributed by atoms with Crippen LogP contribution in [0.1, 0.15) is 28.8 Å². The monoisotopic (exact) mass is 406 g/mol. The highest BCUT2D eigenvalue weighted by Crippen LogP contribution is 2.34. The van der Waals surface area contributed by atoms with E-state index in [1.54, 1.807) is 0 Å². The molecular weight excluding hydrogens is 380 g/mol. The van der Waals surface area contributed by atoms with E-state index >= 15 is 0 Å². The second kappa shape index (κ2) is 8.08. The van der Waals surface area contributed by atoms with Crippen molar-refractivity contribution in [3.8, 4) is 0 Å². The van der Waals surface area contributed by atoms with Crippen LogP contribution in [0.3, 0.4) is 0 Å². The molecular formula is C23H26N4O3. The smallest absolute Gasteiger partial charge is 0.256 e. The summed E-state index contributed by atoms with van der Waals surface area (Å²) in [5.74, 6) is 0.0523. The number of carbonyl (C=O) groups is 2. The normalized spacial score (nSPS) is 22.9. The summed E-state index contributed by atoms with van der Waals surface area (Å²) in [4.78, 5) is 30.2. The average Bonchev–Trinajstić information content (AvgIpc) is 3.44. The average molecular weight is 406 g/mol. The molecule has 0 saturated carbocycles. The fourth-order valence-electron chi connectivity index (χ4n) is 4.44. The van der Waals surface area contributed by atoms with Crippen LogP contribution in [0.15, 0.2) is 30.5 Å². The maximum atomic E-state index is 12.6. The molecule has 2 aromatic rings. The lowest BCUT2D eigenvalue weighted by molar-refractivity contribution is -0.122. The predicted molar refractivity (Wildman–Crippen MR) is 115 cm³/mol. The molecule has 3 N–H and O–H groups in total. The van der Waals surface area contributed by atoms with E-state index in [9.17, 15) is 9.59 Å². The third kappa shape index (κ3) is 3.91. The zero-order chi connectivity index (χ0) is 20.5. The van der Waals surface area contributed by atoms with Crippen LogP contribution in [-0.4, -0.2) is 54.5 Å². The lowest BCUT2D eigenvalue weighted by atomic mass is 9.95. The van der Waals surface area contributed by atoms with Gasteiger partial charge in [-0.3, -0.25) is 14.5 Å². The molecule has 0 bridgehead atoms. The summed E-state index contributed by atoms with van der Waals surface area (Å²) in [6.45, 7) is 5.07. The van der Waals surface area contributed by atoms with E-state index in [0.29, 0.717) is 12.0 Å². The van der Waals surface area contributed by atoms with Gasteiger partial charge in [-0.2, -0.15) is 0 Å². The molecule has 3 aliphatic heterocycles. The summed E-state index contributed by atoms with van der Waals surface area (Å²) in [5, 5.41) is 5.84. The van der Waals surface area contributed by atoms with Crippen LogP contribution in [0, 0.1) is 5.92 Å². The standard InChI is InChI=1S/C23H26N4O3/c28-22-17(3-4-24-22)9-15-1-2-21-19(11-15)20(23(29)26-21)12-18-10-16(13-25-18)14-27-5-7-30-8-6-27/h1-2,10-13,17,25H,3-9,14H2,(H,24,28)(H,26,29). The van der Waals surface area contributed by atoms with Crippen molar-refractivity contribution in [1.82, 2.24) is 15.2 Å². The SMILES string of the molecule is O=C1Nc2ccc(CC3CCNC3=O)cc2C1=Cc1cc(CN2CCOCC2)c[nH]1. The summed E-state index contributed by atoms with van der Waals surface area (Å²) in [7, 11) is 0. The lowest BCUT2D eigenvalue weighted by Crippen LogP contribution is -2.35. The van der Waals surface area contributed by atoms with E-state index in [4.69, 9.17) is 4.74 Å². The fourth-order valence-corrected chi connectivity index (χ4v) is 4.44. The molecule has 4 heterocycles. The molecule has 156 valence electrons. The summed E-state index contributed by atoms with van der Waals surface area (Å²) >= 11 is 0. The Morgan fingerprint density at radius 2 is 2.00 bits per heavy atom. The quantitative estimate of drug-likeness (QED) is 0.663. The number of amides is 2. The zero-order valence-electron chi connectivity index (χ0n) is 16.9. The van der Waals surface area contributed by atoms with Crippen LogP contribution in [0.5, 0.6) is 0 Å². The van der Waals surface area contributed by atoms with Gasteiger partial charge in [0.05, 0.1) is 18.8 Å². The van der Waals surface area contributed by atoms with Gasteiger partial charge in [-0.05, 0) is 48.2 Å². The van der Waals surface area contributed by atoms with E-state index in [2.05, 4.69) is 26.6 Å². The number of nitrogens with zero attached hydrogens (tertiary/aromatic N) is 1. The Morgan fingerprint density at radius 1 is 1.13 bits per heavy atom. The van der Waals surface area contributed by atoms with Crippen LogP contribution < -0.4 is 10.6 Å². The second-order valence-electron chi connectivity index (χ2n) is 8.22. The Hall–Kier alpha value is -2.90. The van der Waals surface area contributed by atoms with Crippen molar-refractivity contribution in [2.45, 2.75) is 19.4 Å². The Kier molecular flexibility index (Phi) is 5.14. The first-order valence-corrected chi connectivity index (χ1v) is 10.6. The molecule has 7 heteroatoms. The Labute approximate surface area is 175 Å². The van der Waals surface area contributed by atoms with Gasteiger partial charge in [-0.1, -0.05) is 6.07 Å². The number of aromatic amines is 1. The van der Waals surface area contributed by atoms with Crippen molar-refractivity contribution in [2.24, 2.45) is 5.92 Å². The number of H-pyrrole nitrogens is 1. The molecule has 5 rings (SSSR count). The van der Waals surface area contributed by atoms with Gasteiger partial charge in [0, 0.05) is 55.2 Å². The van der Waals surface area contributed by atoms with Crippen molar-refractivity contribution in [3.05, 3.63) is 52.8 Å². The van der Waals surface area contributed by atoms with Crippen molar-refractivity contribution >= 4 is 29.2 Å². The number of ether oxygens (including phenoxy) is 1. The Morgan fingerprint density at radius 3 is 2.80 bits per heavy atom. The minimum Gasteiger partial charge on any atom is -0.379 e. The number of carbonyl (C=O) groups excluding carboxylic acids is 2. The molecule has 2 fully saturated rings. The minimum atomic E-state index is -0.0925. The molecule has 0 radical (unpaired) electrons. The van der Waals surface area contributed by atoms with Gasteiger partial charge in [0.2, 0.25) is 5.91 Å². The number of nitrogens with one attached hydrogen (secondary N) is 3. The maximum absolute atomic E-state index is 12.6. The Balaban J connectivity index is 1.35. The third-order valence-electron chi connectivity index (χ3n) is 6.09. The highest BCUT2D eigenvalue weighted by Gasteiger charge is 2.27. The number of rotatable bonds is 5. The van der Waals surface area contributed by atoms with Gasteiger partial charge in [0.1, 0.15) is 0 Å². The van der Waals surface area contributed by atoms with Gasteiger partial charge >= 0.3 is 0 Å². The van der Waals surface area contributed by atoms with E-state index in [1.165, 1.54) is 5.56 Å². The fraction of sp³-hybridized carbons (Fsp3) is 0.391. The molecule has 0 spiro atoms. The molecule has 1 atom stereocenters. The van der Waals surface area contributed by atoms with Gasteiger partial charge in [-0.25, -0.2) is 0 Å². The summed E-state index contributed by atoms with van der Waals surface area (Å²) in [6.07, 6.45) is 5.48. The maximum Gasteiger partial charge on any atom is 0.256 e. The van der Waals surface area contributed by atoms with Crippen molar-refractivity contribution in [1.29, 1.82) is 0 Å². The van der Waals surface area contributed by atoms with Crippen LogP contribution >= 0.6 is 0 Å². The zero-order valence-corrected chi connectivity index (χ0v) is 16.9. The molecule has 2 saturated heterocycles. The molecule has 3 aliphatic rings. The van der Waals surface area contributed by atoms with Gasteiger partial charge in [-0.15, -0.1) is 0 Å². The lowest BCUT2D eigenvalue weighted by Gasteiger charge is -2.25. The highest BCUT2D eigenvalue weighted by atomic mass is 16.5. The molecule has 30 heavy (non-hydrogen) atoms. The molecule has 7 nitrogen and oxygen atoms in total. The van der Waals surface area contributed by atoms with Crippen LogP contribution in [0.4, 0.5) is 5.69 Å². The number of benzene rings is 1. The van der Waals surface area contributed by atoms with Crippen molar-refractivity contribution in [2.75, 3.05) is 38.2 Å². The van der Waals surface area contributed by atoms with Gasteiger partial charge in [0.15, 0.2) is 0 Å². The molecule has 1 unspecified atom stereocenters. The second-order valence-corrected chi connectivity index (χ2v) is 8.22. The largest absolute Gasteiger partial charge is 0.379 e. The van der Waals surface area contributed by atoms with Gasteiger partial charge in [0.25, 0.3) is 5.91 Å². The molecule has 1 aromatic heterocycles. The number of anilines is 1. The topological polar surface area (TPSA) is 86.5 Å². The molecule has 1 aromatic carbocycles. The first-order valence-electron chi connectivity index (χ1n) is 10.6. The highest BCUT2D eigenvalue weighted by molar-refractivity contribution is 6.34.